The van der Waals surface area contributed by atoms with Crippen molar-refractivity contribution in [3.05, 3.63) is 57.7 Å². The maximum atomic E-state index is 12.8. The number of anilines is 2. The highest BCUT2D eigenvalue weighted by molar-refractivity contribution is 7.13. The van der Waals surface area contributed by atoms with Crippen LogP contribution in [0.5, 0.6) is 0 Å². The molecule has 0 unspecified atom stereocenters. The number of pyridine rings is 1. The minimum Gasteiger partial charge on any atom is -0.342 e. The van der Waals surface area contributed by atoms with Gasteiger partial charge in [-0.3, -0.25) is 19.4 Å². The van der Waals surface area contributed by atoms with Crippen LogP contribution in [0, 0.1) is 0 Å². The molecule has 1 atom stereocenters. The van der Waals surface area contributed by atoms with Gasteiger partial charge in [-0.25, -0.2) is 15.0 Å². The Balaban J connectivity index is 1.43. The van der Waals surface area contributed by atoms with Crippen LogP contribution in [0.25, 0.3) is 0 Å². The second kappa shape index (κ2) is 9.13. The molecular weight excluding hydrogens is 475 g/mol. The van der Waals surface area contributed by atoms with E-state index in [9.17, 15) is 27.6 Å². The molecule has 176 valence electrons. The van der Waals surface area contributed by atoms with Crippen LogP contribution in [0.4, 0.5) is 24.7 Å². The van der Waals surface area contributed by atoms with Gasteiger partial charge < -0.3 is 16.0 Å². The summed E-state index contributed by atoms with van der Waals surface area (Å²) in [4.78, 5) is 52.5. The number of hydrogen-bond acceptors (Lipinski definition) is 8. The molecule has 0 fully saturated rings. The Morgan fingerprint density at radius 1 is 1.12 bits per heavy atom. The van der Waals surface area contributed by atoms with Crippen molar-refractivity contribution in [1.82, 2.24) is 25.3 Å². The van der Waals surface area contributed by atoms with Crippen molar-refractivity contribution in [3.63, 3.8) is 0 Å². The molecule has 1 aliphatic rings. The van der Waals surface area contributed by atoms with Crippen molar-refractivity contribution in [2.45, 2.75) is 32.0 Å². The molecule has 0 aliphatic carbocycles. The van der Waals surface area contributed by atoms with Gasteiger partial charge in [0.15, 0.2) is 0 Å². The largest absolute Gasteiger partial charge is 0.417 e. The summed E-state index contributed by atoms with van der Waals surface area (Å²) < 4.78 is 38.5. The van der Waals surface area contributed by atoms with E-state index in [4.69, 9.17) is 0 Å². The predicted molar refractivity (Wildman–Crippen MR) is 114 cm³/mol. The van der Waals surface area contributed by atoms with E-state index in [1.54, 1.807) is 6.92 Å². The molecule has 0 saturated carbocycles. The smallest absolute Gasteiger partial charge is 0.342 e. The maximum Gasteiger partial charge on any atom is 0.417 e. The normalized spacial score (nSPS) is 14.1. The van der Waals surface area contributed by atoms with Gasteiger partial charge in [0.1, 0.15) is 27.7 Å². The lowest BCUT2D eigenvalue weighted by Gasteiger charge is -2.18. The monoisotopic (exact) mass is 491 g/mol. The minimum absolute atomic E-state index is 0.114. The average Bonchev–Trinajstić information content (AvgIpc) is 3.29. The van der Waals surface area contributed by atoms with Gasteiger partial charge in [0.05, 0.1) is 29.7 Å². The first-order valence-corrected chi connectivity index (χ1v) is 10.7. The third-order valence-corrected chi connectivity index (χ3v) is 5.99. The highest BCUT2D eigenvalue weighted by atomic mass is 32.1. The number of halogens is 3. The van der Waals surface area contributed by atoms with Gasteiger partial charge in [-0.15, -0.1) is 11.3 Å². The number of nitrogens with one attached hydrogen (secondary N) is 3. The Labute approximate surface area is 194 Å². The number of amides is 3. The molecule has 3 N–H and O–H groups in total. The van der Waals surface area contributed by atoms with Gasteiger partial charge in [0.25, 0.3) is 11.8 Å². The second-order valence-electron chi connectivity index (χ2n) is 7.27. The highest BCUT2D eigenvalue weighted by Crippen LogP contribution is 2.30. The van der Waals surface area contributed by atoms with Crippen molar-refractivity contribution in [2.24, 2.45) is 0 Å². The molecular formula is C20H16F3N7O3S. The zero-order valence-corrected chi connectivity index (χ0v) is 18.3. The topological polar surface area (TPSA) is 139 Å². The first kappa shape index (κ1) is 23.2. The van der Waals surface area contributed by atoms with E-state index in [1.165, 1.54) is 12.5 Å². The zero-order chi connectivity index (χ0) is 24.5. The zero-order valence-electron chi connectivity index (χ0n) is 17.4. The summed E-state index contributed by atoms with van der Waals surface area (Å²) in [5.74, 6) is -1.07. The van der Waals surface area contributed by atoms with Crippen molar-refractivity contribution in [3.8, 4) is 0 Å². The van der Waals surface area contributed by atoms with Crippen LogP contribution >= 0.6 is 11.3 Å². The Kier molecular flexibility index (Phi) is 6.24. The molecule has 4 rings (SSSR count). The maximum absolute atomic E-state index is 12.8. The number of thiazole rings is 1. The number of alkyl halides is 3. The molecule has 0 saturated heterocycles. The lowest BCUT2D eigenvalue weighted by Crippen LogP contribution is -2.30. The van der Waals surface area contributed by atoms with E-state index in [2.05, 4.69) is 35.9 Å². The molecule has 0 aromatic carbocycles. The number of rotatable bonds is 5. The Hall–Kier alpha value is -3.94. The fourth-order valence-electron chi connectivity index (χ4n) is 3.16. The van der Waals surface area contributed by atoms with E-state index < -0.39 is 29.6 Å². The summed E-state index contributed by atoms with van der Waals surface area (Å²) in [6.07, 6.45) is 0.150. The van der Waals surface area contributed by atoms with Crippen LogP contribution in [-0.2, 0) is 17.4 Å². The summed E-state index contributed by atoms with van der Waals surface area (Å²) in [6, 6.07) is 0.179. The van der Waals surface area contributed by atoms with Crippen LogP contribution < -0.4 is 16.0 Å². The quantitative estimate of drug-likeness (QED) is 0.499. The number of carbonyl (C=O) groups excluding carboxylic acids is 3. The fraction of sp³-hybridized carbons (Fsp3) is 0.250. The van der Waals surface area contributed by atoms with E-state index in [-0.39, 0.29) is 28.6 Å². The van der Waals surface area contributed by atoms with Crippen molar-refractivity contribution in [1.29, 1.82) is 0 Å². The number of carbonyl (C=O) groups is 3. The third-order valence-electron chi connectivity index (χ3n) is 4.81. The van der Waals surface area contributed by atoms with E-state index in [1.807, 2.05) is 0 Å². The van der Waals surface area contributed by atoms with Gasteiger partial charge in [0, 0.05) is 18.2 Å². The van der Waals surface area contributed by atoms with Gasteiger partial charge in [-0.1, -0.05) is 0 Å². The summed E-state index contributed by atoms with van der Waals surface area (Å²) in [7, 11) is 0. The standard InChI is InChI=1S/C20H16F3N7O3S/c1-9(28-18(33)15-12-2-3-14(31)30-16(12)27-8-26-15)19-25-7-13(34-19)17(32)29-11-4-10(5-24-6-11)20(21,22)23/h4-9H,2-3H2,1H3,(H,28,33)(H,29,32)(H,26,27,30,31)/t9-/m1/s1. The van der Waals surface area contributed by atoms with Crippen molar-refractivity contribution >= 4 is 40.6 Å². The summed E-state index contributed by atoms with van der Waals surface area (Å²) in [6.45, 7) is 1.66. The van der Waals surface area contributed by atoms with Crippen molar-refractivity contribution < 1.29 is 27.6 Å². The second-order valence-corrected chi connectivity index (χ2v) is 8.33. The van der Waals surface area contributed by atoms with Crippen LogP contribution in [0.15, 0.2) is 31.0 Å². The first-order chi connectivity index (χ1) is 16.1. The van der Waals surface area contributed by atoms with Gasteiger partial charge in [0.2, 0.25) is 5.91 Å². The average molecular weight is 491 g/mol. The van der Waals surface area contributed by atoms with Crippen LogP contribution in [0.1, 0.15) is 55.7 Å². The molecule has 0 radical (unpaired) electrons. The molecule has 3 aromatic rings. The van der Waals surface area contributed by atoms with Crippen LogP contribution in [0.3, 0.4) is 0 Å². The molecule has 14 heteroatoms. The number of nitrogens with zero attached hydrogens (tertiary/aromatic N) is 4. The summed E-state index contributed by atoms with van der Waals surface area (Å²) in [5.41, 5.74) is -0.445. The van der Waals surface area contributed by atoms with Gasteiger partial charge in [-0.05, 0) is 19.4 Å². The molecule has 1 aliphatic heterocycles. The van der Waals surface area contributed by atoms with Gasteiger partial charge in [-0.2, -0.15) is 13.2 Å². The fourth-order valence-corrected chi connectivity index (χ4v) is 3.98. The Morgan fingerprint density at radius 3 is 2.68 bits per heavy atom. The Morgan fingerprint density at radius 2 is 1.91 bits per heavy atom. The van der Waals surface area contributed by atoms with E-state index in [0.717, 1.165) is 23.6 Å². The molecule has 0 spiro atoms. The SMILES string of the molecule is C[C@@H](NC(=O)c1ncnc2c1CCC(=O)N2)c1ncc(C(=O)Nc2cncc(C(F)(F)F)c2)s1. The number of hydrogen-bond donors (Lipinski definition) is 3. The highest BCUT2D eigenvalue weighted by Gasteiger charge is 2.31. The summed E-state index contributed by atoms with van der Waals surface area (Å²) in [5, 5.41) is 8.09. The van der Waals surface area contributed by atoms with Crippen LogP contribution in [0.2, 0.25) is 0 Å². The molecule has 4 heterocycles. The lowest BCUT2D eigenvalue weighted by molar-refractivity contribution is -0.137. The van der Waals surface area contributed by atoms with E-state index >= 15 is 0 Å². The molecule has 0 bridgehead atoms. The minimum atomic E-state index is -4.59. The molecule has 10 nitrogen and oxygen atoms in total. The summed E-state index contributed by atoms with van der Waals surface area (Å²) >= 11 is 0.974. The number of aromatic nitrogens is 4. The van der Waals surface area contributed by atoms with Crippen molar-refractivity contribution in [2.75, 3.05) is 10.6 Å². The molecule has 3 amide bonds. The van der Waals surface area contributed by atoms with E-state index in [0.29, 0.717) is 29.0 Å². The molecule has 34 heavy (non-hydrogen) atoms. The lowest BCUT2D eigenvalue weighted by atomic mass is 10.0. The predicted octanol–water partition coefficient (Wildman–Crippen LogP) is 2.97. The first-order valence-electron chi connectivity index (χ1n) is 9.85. The Bertz CT molecular complexity index is 1280. The third kappa shape index (κ3) is 5.01. The van der Waals surface area contributed by atoms with Crippen LogP contribution in [-0.4, -0.2) is 37.7 Å². The van der Waals surface area contributed by atoms with Gasteiger partial charge >= 0.3 is 6.18 Å². The number of fused-ring (bicyclic) bond motifs is 1. The molecule has 3 aromatic heterocycles.